The van der Waals surface area contributed by atoms with Gasteiger partial charge in [0.15, 0.2) is 0 Å². The Kier molecular flexibility index (Phi) is 6.79. The van der Waals surface area contributed by atoms with Crippen molar-refractivity contribution in [2.45, 2.75) is 33.1 Å². The number of imidazole rings is 1. The third kappa shape index (κ3) is 3.57. The number of rotatable bonds is 4. The number of hydrogen-bond acceptors (Lipinski definition) is 3. The van der Waals surface area contributed by atoms with Crippen molar-refractivity contribution in [2.75, 3.05) is 0 Å². The Morgan fingerprint density at radius 2 is 1.91 bits per heavy atom. The maximum Gasteiger partial charge on any atom is 0.274 e. The van der Waals surface area contributed by atoms with E-state index in [-0.39, 0.29) is 30.4 Å². The van der Waals surface area contributed by atoms with Gasteiger partial charge in [0.05, 0.1) is 17.7 Å². The lowest BCUT2D eigenvalue weighted by Crippen LogP contribution is -2.15. The number of halogens is 2. The molecule has 0 aliphatic heterocycles. The van der Waals surface area contributed by atoms with E-state index in [2.05, 4.69) is 21.9 Å². The molecule has 0 unspecified atom stereocenters. The average Bonchev–Trinajstić information content (AvgIpc) is 2.90. The van der Waals surface area contributed by atoms with Crippen LogP contribution in [0.1, 0.15) is 31.2 Å². The van der Waals surface area contributed by atoms with Crippen molar-refractivity contribution in [1.82, 2.24) is 19.4 Å². The molecule has 0 aliphatic carbocycles. The first-order valence-corrected chi connectivity index (χ1v) is 7.21. The van der Waals surface area contributed by atoms with Crippen LogP contribution < -0.4 is 5.56 Å². The van der Waals surface area contributed by atoms with E-state index in [1.807, 2.05) is 23.5 Å². The summed E-state index contributed by atoms with van der Waals surface area (Å²) in [6.07, 6.45) is 8.29. The molecule has 0 aromatic carbocycles. The first-order chi connectivity index (χ1) is 10.2. The Bertz CT molecular complexity index is 827. The highest BCUT2D eigenvalue weighted by molar-refractivity contribution is 5.85. The minimum Gasteiger partial charge on any atom is -0.319 e. The smallest absolute Gasteiger partial charge is 0.274 e. The van der Waals surface area contributed by atoms with Gasteiger partial charge in [-0.15, -0.1) is 24.8 Å². The highest BCUT2D eigenvalue weighted by Gasteiger charge is 2.14. The van der Waals surface area contributed by atoms with E-state index in [1.165, 1.54) is 0 Å². The summed E-state index contributed by atoms with van der Waals surface area (Å²) in [5.41, 5.74) is 4.23. The number of fused-ring (bicyclic) bond motifs is 1. The molecular weight excluding hydrogens is 335 g/mol. The van der Waals surface area contributed by atoms with Crippen LogP contribution in [-0.2, 0) is 6.42 Å². The molecule has 3 rings (SSSR count). The van der Waals surface area contributed by atoms with Crippen molar-refractivity contribution in [1.29, 1.82) is 0 Å². The summed E-state index contributed by atoms with van der Waals surface area (Å²) >= 11 is 0. The van der Waals surface area contributed by atoms with Crippen LogP contribution in [-0.4, -0.2) is 19.4 Å². The van der Waals surface area contributed by atoms with Gasteiger partial charge in [-0.3, -0.25) is 14.2 Å². The number of aryl methyl sites for hydroxylation is 2. The van der Waals surface area contributed by atoms with Gasteiger partial charge in [-0.2, -0.15) is 0 Å². The van der Waals surface area contributed by atoms with Gasteiger partial charge in [0.1, 0.15) is 5.52 Å². The Hall–Kier alpha value is -1.85. The van der Waals surface area contributed by atoms with Gasteiger partial charge in [0, 0.05) is 23.7 Å². The maximum atomic E-state index is 12.3. The molecule has 5 nitrogen and oxygen atoms in total. The van der Waals surface area contributed by atoms with Gasteiger partial charge in [0.25, 0.3) is 5.56 Å². The second-order valence-corrected chi connectivity index (χ2v) is 5.16. The van der Waals surface area contributed by atoms with Crippen molar-refractivity contribution in [2.24, 2.45) is 0 Å². The van der Waals surface area contributed by atoms with E-state index in [4.69, 9.17) is 0 Å². The Morgan fingerprint density at radius 1 is 1.22 bits per heavy atom. The molecule has 3 aromatic heterocycles. The van der Waals surface area contributed by atoms with E-state index in [9.17, 15) is 4.79 Å². The third-order valence-electron chi connectivity index (χ3n) is 3.72. The van der Waals surface area contributed by atoms with Gasteiger partial charge < -0.3 is 4.98 Å². The van der Waals surface area contributed by atoms with E-state index in [1.54, 1.807) is 18.7 Å². The number of nitrogens with one attached hydrogen (secondary N) is 1. The number of unbranched alkanes of at least 4 members (excludes halogenated alkanes) is 1. The van der Waals surface area contributed by atoms with Gasteiger partial charge in [0.2, 0.25) is 0 Å². The fourth-order valence-electron chi connectivity index (χ4n) is 2.63. The molecule has 124 valence electrons. The van der Waals surface area contributed by atoms with Crippen molar-refractivity contribution in [3.8, 4) is 11.3 Å². The summed E-state index contributed by atoms with van der Waals surface area (Å²) in [5, 5.41) is 0. The predicted octanol–water partition coefficient (Wildman–Crippen LogP) is 3.58. The van der Waals surface area contributed by atoms with Crippen molar-refractivity contribution < 1.29 is 0 Å². The molecule has 0 spiro atoms. The van der Waals surface area contributed by atoms with Crippen LogP contribution in [0.5, 0.6) is 0 Å². The van der Waals surface area contributed by atoms with E-state index < -0.39 is 0 Å². The summed E-state index contributed by atoms with van der Waals surface area (Å²) in [6.45, 7) is 4.02. The number of aromatic nitrogens is 4. The molecule has 0 fully saturated rings. The topological polar surface area (TPSA) is 63.0 Å². The second-order valence-electron chi connectivity index (χ2n) is 5.16. The first kappa shape index (κ1) is 19.2. The molecule has 3 aromatic rings. The van der Waals surface area contributed by atoms with E-state index >= 15 is 0 Å². The van der Waals surface area contributed by atoms with Crippen molar-refractivity contribution >= 4 is 30.3 Å². The van der Waals surface area contributed by atoms with Crippen molar-refractivity contribution in [3.05, 3.63) is 52.6 Å². The number of nitrogens with zero attached hydrogens (tertiary/aromatic N) is 3. The lowest BCUT2D eigenvalue weighted by molar-refractivity contribution is 0.762. The Morgan fingerprint density at radius 3 is 2.57 bits per heavy atom. The van der Waals surface area contributed by atoms with E-state index in [0.29, 0.717) is 5.52 Å². The molecule has 3 heterocycles. The van der Waals surface area contributed by atoms with Crippen LogP contribution in [0.4, 0.5) is 0 Å². The first-order valence-electron chi connectivity index (χ1n) is 7.21. The van der Waals surface area contributed by atoms with Gasteiger partial charge in [-0.05, 0) is 31.9 Å². The summed E-state index contributed by atoms with van der Waals surface area (Å²) in [7, 11) is 0. The standard InChI is InChI=1S/C16H18N4O.2ClH/c1-3-4-5-13-14(12-6-8-17-9-7-12)19-16(21)15-11(2)18-10-20(13)15;;/h6-10H,3-5H2,1-2H3,(H,19,21);2*1H. The minimum atomic E-state index is -0.0999. The Balaban J connectivity index is 0.00000132. The molecule has 0 saturated carbocycles. The number of pyridine rings is 1. The van der Waals surface area contributed by atoms with Crippen LogP contribution in [0.3, 0.4) is 0 Å². The third-order valence-corrected chi connectivity index (χ3v) is 3.72. The Labute approximate surface area is 147 Å². The molecule has 1 N–H and O–H groups in total. The lowest BCUT2D eigenvalue weighted by Gasteiger charge is -2.12. The average molecular weight is 355 g/mol. The fourth-order valence-corrected chi connectivity index (χ4v) is 2.63. The van der Waals surface area contributed by atoms with Crippen LogP contribution in [0.25, 0.3) is 16.8 Å². The number of aromatic amines is 1. The number of hydrogen-bond donors (Lipinski definition) is 1. The maximum absolute atomic E-state index is 12.3. The predicted molar refractivity (Wildman–Crippen MR) is 96.9 cm³/mol. The molecular formula is C16H20Cl2N4O. The molecule has 7 heteroatoms. The number of H-pyrrole nitrogens is 1. The summed E-state index contributed by atoms with van der Waals surface area (Å²) in [6, 6.07) is 3.83. The van der Waals surface area contributed by atoms with Crippen LogP contribution in [0.15, 0.2) is 35.6 Å². The van der Waals surface area contributed by atoms with Crippen molar-refractivity contribution in [3.63, 3.8) is 0 Å². The second kappa shape index (κ2) is 8.13. The molecule has 0 aliphatic rings. The zero-order chi connectivity index (χ0) is 14.8. The zero-order valence-electron chi connectivity index (χ0n) is 13.1. The van der Waals surface area contributed by atoms with Gasteiger partial charge >= 0.3 is 0 Å². The molecule has 23 heavy (non-hydrogen) atoms. The normalized spacial score (nSPS) is 10.2. The highest BCUT2D eigenvalue weighted by Crippen LogP contribution is 2.22. The van der Waals surface area contributed by atoms with Gasteiger partial charge in [-0.1, -0.05) is 13.3 Å². The summed E-state index contributed by atoms with van der Waals surface area (Å²) in [4.78, 5) is 23.7. The molecule has 0 atom stereocenters. The highest BCUT2D eigenvalue weighted by atomic mass is 35.5. The molecule has 0 saturated heterocycles. The SMILES string of the molecule is CCCCc1c(-c2ccncc2)[nH]c(=O)c2c(C)ncn12.Cl.Cl. The van der Waals surface area contributed by atoms with E-state index in [0.717, 1.165) is 41.9 Å². The summed E-state index contributed by atoms with van der Waals surface area (Å²) in [5.74, 6) is 0. The fraction of sp³-hybridized carbons (Fsp3) is 0.312. The molecule has 0 radical (unpaired) electrons. The van der Waals surface area contributed by atoms with Crippen LogP contribution in [0.2, 0.25) is 0 Å². The molecule has 0 bridgehead atoms. The van der Waals surface area contributed by atoms with Gasteiger partial charge in [-0.25, -0.2) is 4.98 Å². The minimum absolute atomic E-state index is 0. The monoisotopic (exact) mass is 354 g/mol. The molecule has 0 amide bonds. The quantitative estimate of drug-likeness (QED) is 0.778. The lowest BCUT2D eigenvalue weighted by atomic mass is 10.1. The largest absolute Gasteiger partial charge is 0.319 e. The van der Waals surface area contributed by atoms with Crippen LogP contribution in [0, 0.1) is 6.92 Å². The zero-order valence-corrected chi connectivity index (χ0v) is 14.7. The summed E-state index contributed by atoms with van der Waals surface area (Å²) < 4.78 is 1.93. The van der Waals surface area contributed by atoms with Crippen LogP contribution >= 0.6 is 24.8 Å².